The third-order valence-corrected chi connectivity index (χ3v) is 2.46. The van der Waals surface area contributed by atoms with Gasteiger partial charge in [0.15, 0.2) is 0 Å². The van der Waals surface area contributed by atoms with Gasteiger partial charge in [0, 0.05) is 18.5 Å². The number of hydrogen-bond acceptors (Lipinski definition) is 2. The first-order valence-corrected chi connectivity index (χ1v) is 5.15. The minimum Gasteiger partial charge on any atom is -0.337 e. The number of hydrogen-bond donors (Lipinski definition) is 1. The number of urea groups is 1. The molecule has 12 heavy (non-hydrogen) atoms. The summed E-state index contributed by atoms with van der Waals surface area (Å²) in [7, 11) is 0. The average Bonchev–Trinajstić information content (AvgIpc) is 2.56. The van der Waals surface area contributed by atoms with Gasteiger partial charge in [0.05, 0.1) is 0 Å². The molecule has 1 heterocycles. The number of rotatable bonds is 3. The van der Waals surface area contributed by atoms with Gasteiger partial charge in [0.2, 0.25) is 0 Å². The molecule has 1 N–H and O–H groups in total. The fraction of sp³-hybridized carbons (Fsp3) is 0.625. The van der Waals surface area contributed by atoms with E-state index in [2.05, 4.69) is 12.2 Å². The van der Waals surface area contributed by atoms with Gasteiger partial charge in [-0.1, -0.05) is 19.4 Å². The molecular weight excluding hydrogens is 172 g/mol. The molecule has 1 aliphatic rings. The minimum atomic E-state index is 0.00204. The molecule has 68 valence electrons. The van der Waals surface area contributed by atoms with Crippen molar-refractivity contribution in [2.75, 3.05) is 12.3 Å². The van der Waals surface area contributed by atoms with E-state index in [1.165, 1.54) is 11.9 Å². The van der Waals surface area contributed by atoms with Gasteiger partial charge in [-0.25, -0.2) is 9.10 Å². The van der Waals surface area contributed by atoms with E-state index in [4.69, 9.17) is 0 Å². The lowest BCUT2D eigenvalue weighted by molar-refractivity contribution is 0.233. The van der Waals surface area contributed by atoms with Crippen molar-refractivity contribution in [1.82, 2.24) is 9.62 Å². The van der Waals surface area contributed by atoms with E-state index in [1.54, 1.807) is 4.31 Å². The van der Waals surface area contributed by atoms with Gasteiger partial charge in [-0.3, -0.25) is 0 Å². The zero-order valence-corrected chi connectivity index (χ0v) is 8.06. The van der Waals surface area contributed by atoms with Crippen LogP contribution < -0.4 is 5.32 Å². The first-order chi connectivity index (χ1) is 5.84. The van der Waals surface area contributed by atoms with Crippen molar-refractivity contribution in [1.29, 1.82) is 0 Å². The highest BCUT2D eigenvalue weighted by atomic mass is 32.2. The van der Waals surface area contributed by atoms with Gasteiger partial charge in [0.25, 0.3) is 0 Å². The SMILES string of the molecule is CCCCNC(=O)N1C=CCS1. The second kappa shape index (κ2) is 5.09. The number of nitrogens with zero attached hydrogens (tertiary/aromatic N) is 1. The van der Waals surface area contributed by atoms with E-state index in [1.807, 2.05) is 12.3 Å². The Labute approximate surface area is 77.3 Å². The summed E-state index contributed by atoms with van der Waals surface area (Å²) < 4.78 is 1.63. The molecule has 0 radical (unpaired) electrons. The molecule has 4 heteroatoms. The Bertz CT molecular complexity index is 182. The summed E-state index contributed by atoms with van der Waals surface area (Å²) >= 11 is 1.52. The molecule has 1 aliphatic heterocycles. The topological polar surface area (TPSA) is 32.3 Å². The summed E-state index contributed by atoms with van der Waals surface area (Å²) in [5, 5.41) is 2.84. The summed E-state index contributed by atoms with van der Waals surface area (Å²) in [5.41, 5.74) is 0. The van der Waals surface area contributed by atoms with Crippen LogP contribution in [0.1, 0.15) is 19.8 Å². The Morgan fingerprint density at radius 3 is 3.17 bits per heavy atom. The quantitative estimate of drug-likeness (QED) is 0.540. The van der Waals surface area contributed by atoms with Crippen LogP contribution in [0.25, 0.3) is 0 Å². The van der Waals surface area contributed by atoms with Crippen LogP contribution in [0.5, 0.6) is 0 Å². The van der Waals surface area contributed by atoms with Crippen molar-refractivity contribution in [3.05, 3.63) is 12.3 Å². The highest BCUT2D eigenvalue weighted by Gasteiger charge is 2.12. The second-order valence-electron chi connectivity index (χ2n) is 2.59. The van der Waals surface area contributed by atoms with Gasteiger partial charge >= 0.3 is 6.03 Å². The minimum absolute atomic E-state index is 0.00204. The van der Waals surface area contributed by atoms with Crippen LogP contribution in [0.3, 0.4) is 0 Å². The highest BCUT2D eigenvalue weighted by molar-refractivity contribution is 7.98. The molecule has 2 amide bonds. The molecule has 0 spiro atoms. The molecule has 0 saturated heterocycles. The van der Waals surface area contributed by atoms with E-state index >= 15 is 0 Å². The zero-order chi connectivity index (χ0) is 8.81. The van der Waals surface area contributed by atoms with Crippen LogP contribution in [0.15, 0.2) is 12.3 Å². The van der Waals surface area contributed by atoms with Crippen molar-refractivity contribution >= 4 is 18.0 Å². The molecule has 3 nitrogen and oxygen atoms in total. The zero-order valence-electron chi connectivity index (χ0n) is 7.25. The first kappa shape index (κ1) is 9.45. The summed E-state index contributed by atoms with van der Waals surface area (Å²) in [6.07, 6.45) is 5.95. The van der Waals surface area contributed by atoms with Gasteiger partial charge in [0.1, 0.15) is 0 Å². The van der Waals surface area contributed by atoms with E-state index < -0.39 is 0 Å². The van der Waals surface area contributed by atoms with Gasteiger partial charge in [-0.2, -0.15) is 0 Å². The lowest BCUT2D eigenvalue weighted by Crippen LogP contribution is -2.32. The first-order valence-electron chi connectivity index (χ1n) is 4.21. The van der Waals surface area contributed by atoms with E-state index in [0.717, 1.165) is 25.1 Å². The number of nitrogens with one attached hydrogen (secondary N) is 1. The van der Waals surface area contributed by atoms with Crippen LogP contribution in [0.4, 0.5) is 4.79 Å². The Balaban J connectivity index is 2.14. The van der Waals surface area contributed by atoms with Crippen molar-refractivity contribution in [2.45, 2.75) is 19.8 Å². The van der Waals surface area contributed by atoms with Crippen LogP contribution in [-0.2, 0) is 0 Å². The molecule has 0 aromatic rings. The summed E-state index contributed by atoms with van der Waals surface area (Å²) in [4.78, 5) is 11.3. The standard InChI is InChI=1S/C8H14N2OS/c1-2-3-5-9-8(11)10-6-4-7-12-10/h4,6H,2-3,5,7H2,1H3,(H,9,11). The predicted octanol–water partition coefficient (Wildman–Crippen LogP) is 1.97. The van der Waals surface area contributed by atoms with E-state index in [-0.39, 0.29) is 6.03 Å². The van der Waals surface area contributed by atoms with Crippen molar-refractivity contribution < 1.29 is 4.79 Å². The van der Waals surface area contributed by atoms with Crippen molar-refractivity contribution in [2.24, 2.45) is 0 Å². The summed E-state index contributed by atoms with van der Waals surface area (Å²) in [5.74, 6) is 0.904. The lowest BCUT2D eigenvalue weighted by atomic mass is 10.3. The number of unbranched alkanes of at least 4 members (excludes halogenated alkanes) is 1. The Morgan fingerprint density at radius 1 is 1.75 bits per heavy atom. The van der Waals surface area contributed by atoms with Crippen molar-refractivity contribution in [3.63, 3.8) is 0 Å². The monoisotopic (exact) mass is 186 g/mol. The fourth-order valence-electron chi connectivity index (χ4n) is 0.881. The van der Waals surface area contributed by atoms with Crippen LogP contribution in [-0.4, -0.2) is 22.6 Å². The maximum absolute atomic E-state index is 11.3. The molecule has 0 fully saturated rings. The van der Waals surface area contributed by atoms with Gasteiger partial charge in [-0.15, -0.1) is 0 Å². The predicted molar refractivity (Wildman–Crippen MR) is 51.7 cm³/mol. The molecule has 0 atom stereocenters. The smallest absolute Gasteiger partial charge is 0.331 e. The third-order valence-electron chi connectivity index (χ3n) is 1.56. The van der Waals surface area contributed by atoms with E-state index in [0.29, 0.717) is 0 Å². The van der Waals surface area contributed by atoms with Crippen LogP contribution in [0.2, 0.25) is 0 Å². The molecule has 0 unspecified atom stereocenters. The molecule has 0 aliphatic carbocycles. The molecule has 0 bridgehead atoms. The number of carbonyl (C=O) groups is 1. The lowest BCUT2D eigenvalue weighted by Gasteiger charge is -2.12. The Hall–Kier alpha value is -0.640. The summed E-state index contributed by atoms with van der Waals surface area (Å²) in [6.45, 7) is 2.89. The van der Waals surface area contributed by atoms with Gasteiger partial charge < -0.3 is 5.32 Å². The van der Waals surface area contributed by atoms with E-state index in [9.17, 15) is 4.79 Å². The Kier molecular flexibility index (Phi) is 4.00. The molecule has 0 saturated carbocycles. The molecule has 0 aromatic heterocycles. The van der Waals surface area contributed by atoms with Crippen molar-refractivity contribution in [3.8, 4) is 0 Å². The van der Waals surface area contributed by atoms with Gasteiger partial charge in [-0.05, 0) is 18.4 Å². The molecular formula is C8H14N2OS. The maximum atomic E-state index is 11.3. The summed E-state index contributed by atoms with van der Waals surface area (Å²) in [6, 6.07) is 0.00204. The largest absolute Gasteiger partial charge is 0.337 e. The third kappa shape index (κ3) is 2.77. The second-order valence-corrected chi connectivity index (χ2v) is 3.58. The molecule has 0 aromatic carbocycles. The number of amides is 2. The molecule has 1 rings (SSSR count). The maximum Gasteiger partial charge on any atom is 0.331 e. The Morgan fingerprint density at radius 2 is 2.58 bits per heavy atom. The van der Waals surface area contributed by atoms with Crippen LogP contribution in [0, 0.1) is 0 Å². The number of carbonyl (C=O) groups excluding carboxylic acids is 1. The highest BCUT2D eigenvalue weighted by Crippen LogP contribution is 2.16. The normalized spacial score (nSPS) is 15.2. The fourth-order valence-corrected chi connectivity index (χ4v) is 1.57. The van der Waals surface area contributed by atoms with Crippen LogP contribution >= 0.6 is 11.9 Å². The average molecular weight is 186 g/mol.